The van der Waals surface area contributed by atoms with Crippen molar-refractivity contribution in [3.8, 4) is 11.3 Å². The van der Waals surface area contributed by atoms with Gasteiger partial charge in [-0.2, -0.15) is 5.10 Å². The van der Waals surface area contributed by atoms with Gasteiger partial charge in [0.05, 0.1) is 5.69 Å². The largest absolute Gasteiger partial charge is 0.350 e. The predicted octanol–water partition coefficient (Wildman–Crippen LogP) is 3.39. The van der Waals surface area contributed by atoms with Gasteiger partial charge in [-0.1, -0.05) is 50.2 Å². The van der Waals surface area contributed by atoms with Gasteiger partial charge >= 0.3 is 5.69 Å². The van der Waals surface area contributed by atoms with Crippen molar-refractivity contribution in [2.24, 2.45) is 0 Å². The number of halogens is 1. The number of benzene rings is 2. The van der Waals surface area contributed by atoms with Gasteiger partial charge in [-0.05, 0) is 35.2 Å². The van der Waals surface area contributed by atoms with Crippen LogP contribution in [0.4, 0.5) is 4.39 Å². The summed E-state index contributed by atoms with van der Waals surface area (Å²) in [6, 6.07) is 16.0. The van der Waals surface area contributed by atoms with Crippen molar-refractivity contribution in [2.45, 2.75) is 32.9 Å². The number of nitrogens with zero attached hydrogens (tertiary/aromatic N) is 5. The van der Waals surface area contributed by atoms with Crippen molar-refractivity contribution in [3.63, 3.8) is 0 Å². The number of hydrogen-bond acceptors (Lipinski definition) is 4. The summed E-state index contributed by atoms with van der Waals surface area (Å²) in [5.74, 6) is -0.267. The van der Waals surface area contributed by atoms with Crippen molar-refractivity contribution in [3.05, 3.63) is 94.4 Å². The van der Waals surface area contributed by atoms with Gasteiger partial charge in [-0.3, -0.25) is 4.79 Å². The highest BCUT2D eigenvalue weighted by Crippen LogP contribution is 2.23. The Kier molecular flexibility index (Phi) is 5.45. The topological polar surface area (TPSA) is 85.7 Å². The monoisotopic (exact) mass is 458 g/mol. The van der Waals surface area contributed by atoms with Crippen LogP contribution in [0.3, 0.4) is 0 Å². The lowest BCUT2D eigenvalue weighted by atomic mass is 10.0. The summed E-state index contributed by atoms with van der Waals surface area (Å²) in [6.45, 7) is 4.29. The van der Waals surface area contributed by atoms with Gasteiger partial charge in [-0.15, -0.1) is 5.10 Å². The number of carbonyl (C=O) groups excluding carboxylic acids is 1. The molecule has 0 aliphatic rings. The molecular weight excluding hydrogens is 435 g/mol. The van der Waals surface area contributed by atoms with E-state index in [4.69, 9.17) is 0 Å². The fraction of sp³-hybridized carbons (Fsp3) is 0.200. The summed E-state index contributed by atoms with van der Waals surface area (Å²) in [7, 11) is 0. The smallest absolute Gasteiger partial charge is 0.350 e. The zero-order valence-electron chi connectivity index (χ0n) is 18.8. The molecule has 5 rings (SSSR count). The van der Waals surface area contributed by atoms with Crippen LogP contribution in [0.25, 0.3) is 22.4 Å². The molecule has 1 amide bonds. The van der Waals surface area contributed by atoms with Gasteiger partial charge in [0.15, 0.2) is 5.65 Å². The average molecular weight is 458 g/mol. The van der Waals surface area contributed by atoms with E-state index in [2.05, 4.69) is 41.5 Å². The SMILES string of the molecule is CC(C)c1ccc(-c2cc3c4nn(CC(=O)NCc5ccc(F)cc5)c(=O)n4ccn3n2)cc1. The zero-order valence-corrected chi connectivity index (χ0v) is 18.8. The summed E-state index contributed by atoms with van der Waals surface area (Å²) >= 11 is 0. The van der Waals surface area contributed by atoms with Crippen LogP contribution in [0, 0.1) is 5.82 Å². The van der Waals surface area contributed by atoms with Crippen molar-refractivity contribution < 1.29 is 9.18 Å². The molecule has 34 heavy (non-hydrogen) atoms. The van der Waals surface area contributed by atoms with E-state index in [0.717, 1.165) is 21.5 Å². The first-order valence-corrected chi connectivity index (χ1v) is 11.0. The van der Waals surface area contributed by atoms with E-state index < -0.39 is 5.69 Å². The maximum absolute atomic E-state index is 13.0. The number of carbonyl (C=O) groups is 1. The van der Waals surface area contributed by atoms with Crippen LogP contribution in [0.1, 0.15) is 30.9 Å². The van der Waals surface area contributed by atoms with Crippen LogP contribution in [0.5, 0.6) is 0 Å². The van der Waals surface area contributed by atoms with Gasteiger partial charge in [0.25, 0.3) is 0 Å². The lowest BCUT2D eigenvalue weighted by Gasteiger charge is -2.05. The standard InChI is InChI=1S/C25H23FN6O2/c1-16(2)18-5-7-19(8-6-18)21-13-22-24-29-32(25(34)30(24)11-12-31(22)28-21)15-23(33)27-14-17-3-9-20(26)10-4-17/h3-13,16H,14-15H2,1-2H3,(H,27,33). The summed E-state index contributed by atoms with van der Waals surface area (Å²) < 4.78 is 17.2. The van der Waals surface area contributed by atoms with E-state index in [-0.39, 0.29) is 24.8 Å². The molecule has 0 bridgehead atoms. The Morgan fingerprint density at radius 3 is 2.47 bits per heavy atom. The molecule has 2 aromatic carbocycles. The molecule has 0 unspecified atom stereocenters. The molecule has 0 saturated heterocycles. The van der Waals surface area contributed by atoms with E-state index in [9.17, 15) is 14.0 Å². The van der Waals surface area contributed by atoms with E-state index in [1.807, 2.05) is 18.2 Å². The molecule has 0 atom stereocenters. The number of hydrogen-bond donors (Lipinski definition) is 1. The van der Waals surface area contributed by atoms with Gasteiger partial charge in [-0.25, -0.2) is 22.8 Å². The van der Waals surface area contributed by atoms with E-state index in [0.29, 0.717) is 17.1 Å². The molecule has 0 saturated carbocycles. The Bertz CT molecular complexity index is 1550. The van der Waals surface area contributed by atoms with E-state index in [1.165, 1.54) is 22.1 Å². The molecule has 5 aromatic rings. The second-order valence-corrected chi connectivity index (χ2v) is 8.47. The highest BCUT2D eigenvalue weighted by molar-refractivity contribution is 5.77. The number of amides is 1. The summed E-state index contributed by atoms with van der Waals surface area (Å²) in [5.41, 5.74) is 4.39. The van der Waals surface area contributed by atoms with Crippen LogP contribution in [-0.2, 0) is 17.9 Å². The molecule has 8 nitrogen and oxygen atoms in total. The van der Waals surface area contributed by atoms with Gasteiger partial charge < -0.3 is 5.32 Å². The zero-order chi connectivity index (χ0) is 23.8. The maximum Gasteiger partial charge on any atom is 0.350 e. The highest BCUT2D eigenvalue weighted by Gasteiger charge is 2.15. The molecule has 1 N–H and O–H groups in total. The van der Waals surface area contributed by atoms with E-state index >= 15 is 0 Å². The van der Waals surface area contributed by atoms with Crippen LogP contribution in [-0.4, -0.2) is 29.7 Å². The first-order valence-electron chi connectivity index (χ1n) is 11.0. The fourth-order valence-corrected chi connectivity index (χ4v) is 3.81. The van der Waals surface area contributed by atoms with Crippen molar-refractivity contribution >= 4 is 17.1 Å². The van der Waals surface area contributed by atoms with Crippen LogP contribution in [0.2, 0.25) is 0 Å². The van der Waals surface area contributed by atoms with Gasteiger partial charge in [0.2, 0.25) is 5.91 Å². The first-order chi connectivity index (χ1) is 16.4. The normalized spacial score (nSPS) is 11.5. The second-order valence-electron chi connectivity index (χ2n) is 8.47. The molecule has 9 heteroatoms. The molecule has 0 aliphatic carbocycles. The highest BCUT2D eigenvalue weighted by atomic mass is 19.1. The summed E-state index contributed by atoms with van der Waals surface area (Å²) in [5, 5.41) is 11.7. The fourth-order valence-electron chi connectivity index (χ4n) is 3.81. The molecule has 0 aliphatic heterocycles. The van der Waals surface area contributed by atoms with E-state index in [1.54, 1.807) is 29.0 Å². The first kappa shape index (κ1) is 21.6. The van der Waals surface area contributed by atoms with Crippen molar-refractivity contribution in [2.75, 3.05) is 0 Å². The Morgan fingerprint density at radius 2 is 1.76 bits per heavy atom. The number of nitrogens with one attached hydrogen (secondary N) is 1. The number of rotatable bonds is 6. The lowest BCUT2D eigenvalue weighted by molar-refractivity contribution is -0.122. The quantitative estimate of drug-likeness (QED) is 0.423. The number of aromatic nitrogens is 5. The third kappa shape index (κ3) is 4.07. The summed E-state index contributed by atoms with van der Waals surface area (Å²) in [6.07, 6.45) is 3.28. The van der Waals surface area contributed by atoms with Crippen molar-refractivity contribution in [1.82, 2.24) is 29.1 Å². The minimum atomic E-state index is -0.418. The average Bonchev–Trinajstić information content (AvgIpc) is 3.40. The van der Waals surface area contributed by atoms with Crippen LogP contribution in [0.15, 0.2) is 71.8 Å². The third-order valence-electron chi connectivity index (χ3n) is 5.76. The molecule has 172 valence electrons. The molecule has 0 fully saturated rings. The Morgan fingerprint density at radius 1 is 1.03 bits per heavy atom. The lowest BCUT2D eigenvalue weighted by Crippen LogP contribution is -2.32. The van der Waals surface area contributed by atoms with Gasteiger partial charge in [0.1, 0.15) is 17.9 Å². The molecular formula is C25H23FN6O2. The predicted molar refractivity (Wildman–Crippen MR) is 126 cm³/mol. The second kappa shape index (κ2) is 8.58. The van der Waals surface area contributed by atoms with Gasteiger partial charge in [0, 0.05) is 24.5 Å². The third-order valence-corrected chi connectivity index (χ3v) is 5.76. The summed E-state index contributed by atoms with van der Waals surface area (Å²) in [4.78, 5) is 25.2. The number of fused-ring (bicyclic) bond motifs is 3. The van der Waals surface area contributed by atoms with Crippen LogP contribution < -0.4 is 11.0 Å². The Hall–Kier alpha value is -4.27. The Labute approximate surface area is 194 Å². The van der Waals surface area contributed by atoms with Crippen molar-refractivity contribution in [1.29, 1.82) is 0 Å². The minimum absolute atomic E-state index is 0.229. The Balaban J connectivity index is 1.40. The molecule has 3 heterocycles. The molecule has 3 aromatic heterocycles. The molecule has 0 spiro atoms. The maximum atomic E-state index is 13.0. The minimum Gasteiger partial charge on any atom is -0.350 e. The molecule has 0 radical (unpaired) electrons. The van der Waals surface area contributed by atoms with Crippen LogP contribution >= 0.6 is 0 Å².